The number of aromatic nitrogens is 1. The molecule has 0 aliphatic rings. The van der Waals surface area contributed by atoms with E-state index in [1.54, 1.807) is 19.1 Å². The zero-order valence-corrected chi connectivity index (χ0v) is 11.1. The Morgan fingerprint density at radius 1 is 1.05 bits per heavy atom. The van der Waals surface area contributed by atoms with Crippen molar-refractivity contribution in [1.82, 2.24) is 4.98 Å². The van der Waals surface area contributed by atoms with E-state index >= 15 is 0 Å². The van der Waals surface area contributed by atoms with E-state index in [9.17, 15) is 10.2 Å². The van der Waals surface area contributed by atoms with Crippen LogP contribution < -0.4 is 11.5 Å². The highest BCUT2D eigenvalue weighted by molar-refractivity contribution is 7.79. The lowest BCUT2D eigenvalue weighted by atomic mass is 10.1. The van der Waals surface area contributed by atoms with Gasteiger partial charge in [-0.3, -0.25) is 9.11 Å². The van der Waals surface area contributed by atoms with Crippen LogP contribution in [0.4, 0.5) is 11.4 Å². The standard InChI is InChI=1S/C10H11N3O2.H2O4S/c1-4-2-3-5-6(11)9(14)7(12)10(15)8(5)13-4;1-5(2,3)4/h2-3,14-15H,11-12H2,1H3;(H2,1,2,3,4). The molecule has 1 aromatic heterocycles. The molecule has 110 valence electrons. The van der Waals surface area contributed by atoms with Crippen molar-refractivity contribution in [3.63, 3.8) is 0 Å². The van der Waals surface area contributed by atoms with Crippen LogP contribution in [0.3, 0.4) is 0 Å². The molecule has 0 saturated carbocycles. The second-order valence-electron chi connectivity index (χ2n) is 3.82. The number of rotatable bonds is 0. The summed E-state index contributed by atoms with van der Waals surface area (Å²) in [6.45, 7) is 1.79. The maximum absolute atomic E-state index is 9.68. The van der Waals surface area contributed by atoms with E-state index in [2.05, 4.69) is 4.98 Å². The SMILES string of the molecule is Cc1ccc2c(N)c(O)c(N)c(O)c2n1.O=S(=O)(O)O. The number of phenolic OH excluding ortho intramolecular Hbond substituents is 2. The van der Waals surface area contributed by atoms with Crippen molar-refractivity contribution in [2.75, 3.05) is 11.5 Å². The molecule has 10 heteroatoms. The average Bonchev–Trinajstić information content (AvgIpc) is 2.31. The summed E-state index contributed by atoms with van der Waals surface area (Å²) < 4.78 is 31.6. The van der Waals surface area contributed by atoms with E-state index < -0.39 is 10.4 Å². The van der Waals surface area contributed by atoms with Gasteiger partial charge < -0.3 is 21.7 Å². The topological polar surface area (TPSA) is 180 Å². The number of anilines is 2. The maximum Gasteiger partial charge on any atom is 0.394 e. The van der Waals surface area contributed by atoms with E-state index in [0.717, 1.165) is 5.69 Å². The highest BCUT2D eigenvalue weighted by Gasteiger charge is 2.15. The lowest BCUT2D eigenvalue weighted by Crippen LogP contribution is -1.96. The Hall–Kier alpha value is -2.30. The fraction of sp³-hybridized carbons (Fsp3) is 0.100. The minimum Gasteiger partial charge on any atom is -0.504 e. The second kappa shape index (κ2) is 5.36. The molecule has 9 nitrogen and oxygen atoms in total. The van der Waals surface area contributed by atoms with E-state index in [1.807, 2.05) is 0 Å². The van der Waals surface area contributed by atoms with Crippen molar-refractivity contribution in [3.05, 3.63) is 17.8 Å². The molecule has 0 spiro atoms. The molecule has 0 unspecified atom stereocenters. The number of nitrogens with zero attached hydrogens (tertiary/aromatic N) is 1. The van der Waals surface area contributed by atoms with Gasteiger partial charge in [0.05, 0.1) is 5.69 Å². The van der Waals surface area contributed by atoms with Crippen LogP contribution >= 0.6 is 0 Å². The van der Waals surface area contributed by atoms with Gasteiger partial charge in [-0.25, -0.2) is 4.98 Å². The first-order valence-corrected chi connectivity index (χ1v) is 6.48. The van der Waals surface area contributed by atoms with Crippen LogP contribution in [0.15, 0.2) is 12.1 Å². The predicted octanol–water partition coefficient (Wildman–Crippen LogP) is 0.466. The summed E-state index contributed by atoms with van der Waals surface area (Å²) in [7, 11) is -4.67. The van der Waals surface area contributed by atoms with Crippen LogP contribution in [-0.4, -0.2) is 32.7 Å². The number of hydrogen-bond donors (Lipinski definition) is 6. The zero-order chi connectivity index (χ0) is 15.7. The first kappa shape index (κ1) is 15.8. The van der Waals surface area contributed by atoms with Crippen molar-refractivity contribution in [1.29, 1.82) is 0 Å². The van der Waals surface area contributed by atoms with Gasteiger partial charge in [-0.05, 0) is 19.1 Å². The summed E-state index contributed by atoms with van der Waals surface area (Å²) in [4.78, 5) is 4.12. The molecule has 8 N–H and O–H groups in total. The third-order valence-electron chi connectivity index (χ3n) is 2.31. The van der Waals surface area contributed by atoms with Gasteiger partial charge in [0, 0.05) is 11.1 Å². The quantitative estimate of drug-likeness (QED) is 0.174. The number of benzene rings is 1. The van der Waals surface area contributed by atoms with Crippen LogP contribution in [0.25, 0.3) is 10.9 Å². The predicted molar refractivity (Wildman–Crippen MR) is 72.8 cm³/mol. The second-order valence-corrected chi connectivity index (χ2v) is 4.72. The van der Waals surface area contributed by atoms with E-state index in [1.165, 1.54) is 0 Å². The monoisotopic (exact) mass is 303 g/mol. The molecule has 0 aliphatic carbocycles. The van der Waals surface area contributed by atoms with Crippen LogP contribution in [-0.2, 0) is 10.4 Å². The van der Waals surface area contributed by atoms with Crippen LogP contribution in [0.2, 0.25) is 0 Å². The molecule has 1 heterocycles. The third-order valence-corrected chi connectivity index (χ3v) is 2.31. The van der Waals surface area contributed by atoms with Gasteiger partial charge in [0.1, 0.15) is 11.2 Å². The third kappa shape index (κ3) is 3.60. The average molecular weight is 303 g/mol. The van der Waals surface area contributed by atoms with Gasteiger partial charge >= 0.3 is 10.4 Å². The molecule has 0 aliphatic heterocycles. The fourth-order valence-electron chi connectivity index (χ4n) is 1.47. The first-order valence-electron chi connectivity index (χ1n) is 5.08. The molecule has 0 bridgehead atoms. The Kier molecular flexibility index (Phi) is 4.23. The molecule has 0 saturated heterocycles. The Labute approximate surface area is 114 Å². The van der Waals surface area contributed by atoms with Gasteiger partial charge in [0.25, 0.3) is 0 Å². The number of nitrogen functional groups attached to an aromatic ring is 2. The maximum atomic E-state index is 9.68. The van der Waals surface area contributed by atoms with Crippen molar-refractivity contribution >= 4 is 32.7 Å². The normalized spacial score (nSPS) is 10.9. The van der Waals surface area contributed by atoms with Crippen molar-refractivity contribution in [2.24, 2.45) is 0 Å². The minimum atomic E-state index is -4.67. The molecule has 2 rings (SSSR count). The molecule has 0 amide bonds. The number of aromatic hydroxyl groups is 2. The van der Waals surface area contributed by atoms with Crippen LogP contribution in [0, 0.1) is 6.92 Å². The lowest BCUT2D eigenvalue weighted by molar-refractivity contribution is 0.381. The number of phenols is 2. The van der Waals surface area contributed by atoms with E-state index in [4.69, 9.17) is 29.0 Å². The summed E-state index contributed by atoms with van der Waals surface area (Å²) in [5, 5.41) is 19.7. The minimum absolute atomic E-state index is 0.132. The van der Waals surface area contributed by atoms with Crippen LogP contribution in [0.5, 0.6) is 11.5 Å². The van der Waals surface area contributed by atoms with Gasteiger partial charge in [0.2, 0.25) is 0 Å². The van der Waals surface area contributed by atoms with Crippen molar-refractivity contribution < 1.29 is 27.7 Å². The lowest BCUT2D eigenvalue weighted by Gasteiger charge is -2.10. The van der Waals surface area contributed by atoms with Gasteiger partial charge in [-0.1, -0.05) is 0 Å². The summed E-state index contributed by atoms with van der Waals surface area (Å²) in [5.41, 5.74) is 12.2. The first-order chi connectivity index (χ1) is 9.02. The molecule has 20 heavy (non-hydrogen) atoms. The number of nitrogens with two attached hydrogens (primary N) is 2. The number of fused-ring (bicyclic) bond motifs is 1. The van der Waals surface area contributed by atoms with Gasteiger partial charge in [-0.2, -0.15) is 8.42 Å². The summed E-state index contributed by atoms with van der Waals surface area (Å²) >= 11 is 0. The number of aryl methyl sites for hydroxylation is 1. The molecular formula is C10H13N3O6S. The van der Waals surface area contributed by atoms with Crippen molar-refractivity contribution in [3.8, 4) is 11.5 Å². The summed E-state index contributed by atoms with van der Waals surface area (Å²) in [6, 6.07) is 3.43. The molecule has 0 fully saturated rings. The van der Waals surface area contributed by atoms with E-state index in [0.29, 0.717) is 10.9 Å². The van der Waals surface area contributed by atoms with Crippen molar-refractivity contribution in [2.45, 2.75) is 6.92 Å². The molecular weight excluding hydrogens is 290 g/mol. The van der Waals surface area contributed by atoms with Gasteiger partial charge in [-0.15, -0.1) is 0 Å². The summed E-state index contributed by atoms with van der Waals surface area (Å²) in [5.74, 6) is -0.536. The number of hydrogen-bond acceptors (Lipinski definition) is 7. The number of pyridine rings is 1. The summed E-state index contributed by atoms with van der Waals surface area (Å²) in [6.07, 6.45) is 0. The Morgan fingerprint density at radius 2 is 1.55 bits per heavy atom. The largest absolute Gasteiger partial charge is 0.504 e. The van der Waals surface area contributed by atoms with Gasteiger partial charge in [0.15, 0.2) is 11.5 Å². The molecule has 0 radical (unpaired) electrons. The Bertz CT molecular complexity index is 751. The van der Waals surface area contributed by atoms with E-state index in [-0.39, 0.29) is 22.9 Å². The molecule has 0 atom stereocenters. The highest BCUT2D eigenvalue weighted by atomic mass is 32.3. The zero-order valence-electron chi connectivity index (χ0n) is 10.3. The molecule has 2 aromatic rings. The Morgan fingerprint density at radius 3 is 2.05 bits per heavy atom. The molecule has 1 aromatic carbocycles. The smallest absolute Gasteiger partial charge is 0.394 e. The highest BCUT2D eigenvalue weighted by Crippen LogP contribution is 2.42. The Balaban J connectivity index is 0.000000347. The fourth-order valence-corrected chi connectivity index (χ4v) is 1.47. The van der Waals surface area contributed by atoms with Crippen LogP contribution in [0.1, 0.15) is 5.69 Å².